The highest BCUT2D eigenvalue weighted by molar-refractivity contribution is 7.14. The summed E-state index contributed by atoms with van der Waals surface area (Å²) in [5, 5.41) is 14.2. The first-order chi connectivity index (χ1) is 11.8. The van der Waals surface area contributed by atoms with E-state index in [1.807, 2.05) is 72.1 Å². The van der Waals surface area contributed by atoms with Crippen molar-refractivity contribution in [2.75, 3.05) is 5.32 Å². The average Bonchev–Trinajstić information content (AvgIpc) is 3.09. The van der Waals surface area contributed by atoms with Crippen LogP contribution in [0.2, 0.25) is 0 Å². The number of carbonyl (C=O) groups is 1. The molecular formula is C19H13N3OS. The fraction of sp³-hybridized carbons (Fsp3) is 0. The molecule has 0 atom stereocenters. The second-order valence-electron chi connectivity index (χ2n) is 4.94. The number of benzene rings is 2. The predicted octanol–water partition coefficient (Wildman–Crippen LogP) is 4.36. The van der Waals surface area contributed by atoms with E-state index in [1.165, 1.54) is 11.3 Å². The Morgan fingerprint density at radius 1 is 1.08 bits per heavy atom. The van der Waals surface area contributed by atoms with Gasteiger partial charge in [0.2, 0.25) is 0 Å². The van der Waals surface area contributed by atoms with E-state index in [1.54, 1.807) is 6.08 Å². The quantitative estimate of drug-likeness (QED) is 0.571. The van der Waals surface area contributed by atoms with Gasteiger partial charge in [0, 0.05) is 10.9 Å². The lowest BCUT2D eigenvalue weighted by atomic mass is 10.1. The highest BCUT2D eigenvalue weighted by Gasteiger charge is 2.12. The summed E-state index contributed by atoms with van der Waals surface area (Å²) < 4.78 is 0. The van der Waals surface area contributed by atoms with Crippen LogP contribution in [0.4, 0.5) is 5.13 Å². The van der Waals surface area contributed by atoms with Gasteiger partial charge in [-0.05, 0) is 11.6 Å². The number of hydrogen-bond acceptors (Lipinski definition) is 4. The summed E-state index contributed by atoms with van der Waals surface area (Å²) in [6, 6.07) is 20.9. The van der Waals surface area contributed by atoms with Crippen LogP contribution < -0.4 is 5.32 Å². The van der Waals surface area contributed by atoms with Gasteiger partial charge in [0.05, 0.1) is 5.69 Å². The normalized spacial score (nSPS) is 10.9. The summed E-state index contributed by atoms with van der Waals surface area (Å²) in [5.74, 6) is -0.463. The molecule has 0 aliphatic carbocycles. The highest BCUT2D eigenvalue weighted by atomic mass is 32.1. The Morgan fingerprint density at radius 2 is 1.75 bits per heavy atom. The molecule has 1 amide bonds. The van der Waals surface area contributed by atoms with Crippen molar-refractivity contribution in [3.05, 3.63) is 77.2 Å². The van der Waals surface area contributed by atoms with Crippen LogP contribution in [0.3, 0.4) is 0 Å². The number of hydrogen-bond donors (Lipinski definition) is 1. The van der Waals surface area contributed by atoms with Crippen LogP contribution in [0.5, 0.6) is 0 Å². The Hall–Kier alpha value is -3.23. The molecule has 0 saturated carbocycles. The fourth-order valence-corrected chi connectivity index (χ4v) is 2.82. The molecule has 2 aromatic carbocycles. The van der Waals surface area contributed by atoms with Gasteiger partial charge in [-0.1, -0.05) is 60.7 Å². The third-order valence-electron chi connectivity index (χ3n) is 3.27. The van der Waals surface area contributed by atoms with Crippen LogP contribution in [0, 0.1) is 11.3 Å². The Bertz CT molecular complexity index is 909. The third-order valence-corrected chi connectivity index (χ3v) is 4.03. The van der Waals surface area contributed by atoms with E-state index < -0.39 is 5.91 Å². The van der Waals surface area contributed by atoms with E-state index >= 15 is 0 Å². The second kappa shape index (κ2) is 7.36. The van der Waals surface area contributed by atoms with Crippen molar-refractivity contribution in [3.8, 4) is 17.3 Å². The van der Waals surface area contributed by atoms with Gasteiger partial charge >= 0.3 is 0 Å². The molecule has 1 aromatic heterocycles. The molecule has 4 nitrogen and oxygen atoms in total. The topological polar surface area (TPSA) is 65.8 Å². The lowest BCUT2D eigenvalue weighted by Crippen LogP contribution is -2.13. The van der Waals surface area contributed by atoms with Crippen molar-refractivity contribution < 1.29 is 4.79 Å². The van der Waals surface area contributed by atoms with Crippen molar-refractivity contribution in [2.45, 2.75) is 0 Å². The molecule has 0 saturated heterocycles. The van der Waals surface area contributed by atoms with Gasteiger partial charge in [-0.15, -0.1) is 11.3 Å². The summed E-state index contributed by atoms with van der Waals surface area (Å²) >= 11 is 1.33. The number of rotatable bonds is 4. The fourth-order valence-electron chi connectivity index (χ4n) is 2.10. The molecule has 0 spiro atoms. The van der Waals surface area contributed by atoms with E-state index in [-0.39, 0.29) is 5.57 Å². The van der Waals surface area contributed by atoms with Crippen LogP contribution in [0.15, 0.2) is 71.6 Å². The maximum Gasteiger partial charge on any atom is 0.268 e. The van der Waals surface area contributed by atoms with Gasteiger partial charge in [0.1, 0.15) is 11.6 Å². The lowest BCUT2D eigenvalue weighted by molar-refractivity contribution is -0.112. The first kappa shape index (κ1) is 15.7. The number of thiazole rings is 1. The van der Waals surface area contributed by atoms with E-state index in [4.69, 9.17) is 0 Å². The zero-order valence-corrected chi connectivity index (χ0v) is 13.5. The third kappa shape index (κ3) is 3.75. The van der Waals surface area contributed by atoms with Crippen molar-refractivity contribution in [2.24, 2.45) is 0 Å². The summed E-state index contributed by atoms with van der Waals surface area (Å²) in [5.41, 5.74) is 2.61. The van der Waals surface area contributed by atoms with Gasteiger partial charge in [-0.3, -0.25) is 10.1 Å². The first-order valence-electron chi connectivity index (χ1n) is 7.25. The molecule has 0 aliphatic heterocycles. The largest absolute Gasteiger partial charge is 0.297 e. The van der Waals surface area contributed by atoms with Gasteiger partial charge in [0.15, 0.2) is 5.13 Å². The first-order valence-corrected chi connectivity index (χ1v) is 8.13. The number of nitriles is 1. The Labute approximate surface area is 143 Å². The minimum absolute atomic E-state index is 0.0395. The van der Waals surface area contributed by atoms with Crippen LogP contribution in [-0.4, -0.2) is 10.9 Å². The van der Waals surface area contributed by atoms with E-state index in [0.29, 0.717) is 5.13 Å². The number of nitrogens with one attached hydrogen (secondary N) is 1. The van der Waals surface area contributed by atoms with Crippen LogP contribution in [0.1, 0.15) is 5.56 Å². The van der Waals surface area contributed by atoms with Crippen molar-refractivity contribution >= 4 is 28.5 Å². The minimum Gasteiger partial charge on any atom is -0.297 e. The molecule has 3 aromatic rings. The molecule has 0 unspecified atom stereocenters. The maximum atomic E-state index is 12.3. The lowest BCUT2D eigenvalue weighted by Gasteiger charge is -2.00. The molecule has 1 heterocycles. The van der Waals surface area contributed by atoms with E-state index in [9.17, 15) is 10.1 Å². The Balaban J connectivity index is 1.76. The molecule has 116 valence electrons. The van der Waals surface area contributed by atoms with E-state index in [2.05, 4.69) is 10.3 Å². The Morgan fingerprint density at radius 3 is 2.42 bits per heavy atom. The minimum atomic E-state index is -0.463. The predicted molar refractivity (Wildman–Crippen MR) is 96.2 cm³/mol. The summed E-state index contributed by atoms with van der Waals surface area (Å²) in [7, 11) is 0. The number of aromatic nitrogens is 1. The number of carbonyl (C=O) groups excluding carboxylic acids is 1. The molecule has 24 heavy (non-hydrogen) atoms. The summed E-state index contributed by atoms with van der Waals surface area (Å²) in [6.45, 7) is 0. The molecule has 5 heteroatoms. The number of nitrogens with zero attached hydrogens (tertiary/aromatic N) is 2. The van der Waals surface area contributed by atoms with Gasteiger partial charge in [0.25, 0.3) is 5.91 Å². The Kier molecular flexibility index (Phi) is 4.80. The van der Waals surface area contributed by atoms with Crippen molar-refractivity contribution in [1.82, 2.24) is 4.98 Å². The van der Waals surface area contributed by atoms with Crippen LogP contribution >= 0.6 is 11.3 Å². The highest BCUT2D eigenvalue weighted by Crippen LogP contribution is 2.24. The number of anilines is 1. The molecule has 0 fully saturated rings. The smallest absolute Gasteiger partial charge is 0.268 e. The van der Waals surface area contributed by atoms with Crippen LogP contribution in [-0.2, 0) is 4.79 Å². The molecule has 1 N–H and O–H groups in total. The van der Waals surface area contributed by atoms with Gasteiger partial charge in [-0.25, -0.2) is 4.98 Å². The number of amides is 1. The van der Waals surface area contributed by atoms with Crippen molar-refractivity contribution in [1.29, 1.82) is 5.26 Å². The molecular weight excluding hydrogens is 318 g/mol. The SMILES string of the molecule is N#CC(=Cc1ccccc1)C(=O)Nc1nc(-c2ccccc2)cs1. The van der Waals surface area contributed by atoms with Gasteiger partial charge < -0.3 is 0 Å². The van der Waals surface area contributed by atoms with Crippen molar-refractivity contribution in [3.63, 3.8) is 0 Å². The zero-order valence-electron chi connectivity index (χ0n) is 12.6. The van der Waals surface area contributed by atoms with Crippen LogP contribution in [0.25, 0.3) is 17.3 Å². The maximum absolute atomic E-state index is 12.3. The molecule has 0 aliphatic rings. The van der Waals surface area contributed by atoms with Gasteiger partial charge in [-0.2, -0.15) is 5.26 Å². The standard InChI is InChI=1S/C19H13N3OS/c20-12-16(11-14-7-3-1-4-8-14)18(23)22-19-21-17(13-24-19)15-9-5-2-6-10-15/h1-11,13H,(H,21,22,23). The summed E-state index contributed by atoms with van der Waals surface area (Å²) in [4.78, 5) is 16.7. The molecule has 3 rings (SSSR count). The molecule has 0 bridgehead atoms. The van der Waals surface area contributed by atoms with E-state index in [0.717, 1.165) is 16.8 Å². The summed E-state index contributed by atoms with van der Waals surface area (Å²) in [6.07, 6.45) is 1.56. The molecule has 0 radical (unpaired) electrons. The zero-order chi connectivity index (χ0) is 16.8. The monoisotopic (exact) mass is 331 g/mol. The second-order valence-corrected chi connectivity index (χ2v) is 5.80. The average molecular weight is 331 g/mol.